The van der Waals surface area contributed by atoms with Crippen LogP contribution in [-0.2, 0) is 4.74 Å². The molecule has 0 unspecified atom stereocenters. The first-order valence-electron chi connectivity index (χ1n) is 7.53. The monoisotopic (exact) mass is 324 g/mol. The Labute approximate surface area is 138 Å². The number of esters is 1. The third-order valence-electron chi connectivity index (χ3n) is 3.63. The smallest absolute Gasteiger partial charge is 0.375 e. The SMILES string of the molecule is CCOC(=O)c1oc2ccccc2c(=O)c1-c1ccccc1OC. The van der Waals surface area contributed by atoms with E-state index in [1.54, 1.807) is 55.5 Å². The molecular formula is C19H16O5. The quantitative estimate of drug-likeness (QED) is 0.685. The van der Waals surface area contributed by atoms with Gasteiger partial charge in [0.2, 0.25) is 11.2 Å². The number of para-hydroxylation sites is 2. The van der Waals surface area contributed by atoms with Crippen molar-refractivity contribution < 1.29 is 18.7 Å². The summed E-state index contributed by atoms with van der Waals surface area (Å²) in [6.45, 7) is 1.88. The fourth-order valence-electron chi connectivity index (χ4n) is 2.58. The topological polar surface area (TPSA) is 65.7 Å². The Balaban J connectivity index is 2.40. The van der Waals surface area contributed by atoms with Gasteiger partial charge in [0.05, 0.1) is 24.7 Å². The van der Waals surface area contributed by atoms with Crippen molar-refractivity contribution in [2.24, 2.45) is 0 Å². The van der Waals surface area contributed by atoms with Crippen LogP contribution in [0.15, 0.2) is 57.7 Å². The number of methoxy groups -OCH3 is 1. The molecule has 24 heavy (non-hydrogen) atoms. The van der Waals surface area contributed by atoms with Crippen LogP contribution in [0, 0.1) is 0 Å². The maximum Gasteiger partial charge on any atom is 0.375 e. The van der Waals surface area contributed by atoms with Gasteiger partial charge in [-0.2, -0.15) is 0 Å². The van der Waals surface area contributed by atoms with Crippen LogP contribution < -0.4 is 10.2 Å². The summed E-state index contributed by atoms with van der Waals surface area (Å²) < 4.78 is 16.1. The number of hydrogen-bond acceptors (Lipinski definition) is 5. The van der Waals surface area contributed by atoms with Gasteiger partial charge in [0, 0.05) is 5.56 Å². The Morgan fingerprint density at radius 1 is 1.08 bits per heavy atom. The molecule has 3 aromatic rings. The van der Waals surface area contributed by atoms with Gasteiger partial charge in [-0.3, -0.25) is 4.79 Å². The minimum atomic E-state index is -0.679. The summed E-state index contributed by atoms with van der Waals surface area (Å²) in [5.41, 5.74) is 0.667. The predicted molar refractivity (Wildman–Crippen MR) is 90.4 cm³/mol. The first-order valence-corrected chi connectivity index (χ1v) is 7.53. The summed E-state index contributed by atoms with van der Waals surface area (Å²) in [6, 6.07) is 13.8. The summed E-state index contributed by atoms with van der Waals surface area (Å²) in [6.07, 6.45) is 0. The lowest BCUT2D eigenvalue weighted by molar-refractivity contribution is 0.0492. The van der Waals surface area contributed by atoms with Gasteiger partial charge in [-0.15, -0.1) is 0 Å². The number of ether oxygens (including phenoxy) is 2. The fraction of sp³-hybridized carbons (Fsp3) is 0.158. The van der Waals surface area contributed by atoms with Gasteiger partial charge in [0.1, 0.15) is 11.3 Å². The van der Waals surface area contributed by atoms with Crippen LogP contribution in [0.3, 0.4) is 0 Å². The molecule has 1 heterocycles. The molecule has 0 saturated carbocycles. The molecule has 0 atom stereocenters. The molecule has 5 nitrogen and oxygen atoms in total. The highest BCUT2D eigenvalue weighted by Crippen LogP contribution is 2.32. The van der Waals surface area contributed by atoms with Crippen LogP contribution in [0.25, 0.3) is 22.1 Å². The highest BCUT2D eigenvalue weighted by Gasteiger charge is 2.24. The van der Waals surface area contributed by atoms with E-state index in [4.69, 9.17) is 13.9 Å². The standard InChI is InChI=1S/C19H16O5/c1-3-23-19(21)18-16(12-8-4-6-10-14(12)22-2)17(20)13-9-5-7-11-15(13)24-18/h4-11H,3H2,1-2H3. The fourth-order valence-corrected chi connectivity index (χ4v) is 2.58. The van der Waals surface area contributed by atoms with Crippen LogP contribution in [-0.4, -0.2) is 19.7 Å². The van der Waals surface area contributed by atoms with E-state index in [1.807, 2.05) is 0 Å². The Morgan fingerprint density at radius 2 is 1.79 bits per heavy atom. The van der Waals surface area contributed by atoms with Gasteiger partial charge in [-0.05, 0) is 25.1 Å². The lowest BCUT2D eigenvalue weighted by Gasteiger charge is -2.12. The van der Waals surface area contributed by atoms with Crippen molar-refractivity contribution in [3.05, 3.63) is 64.5 Å². The maximum absolute atomic E-state index is 13.0. The van der Waals surface area contributed by atoms with Crippen LogP contribution in [0.5, 0.6) is 5.75 Å². The molecule has 0 fully saturated rings. The zero-order chi connectivity index (χ0) is 17.1. The molecule has 0 aliphatic carbocycles. The van der Waals surface area contributed by atoms with E-state index in [0.717, 1.165) is 0 Å². The molecule has 0 radical (unpaired) electrons. The zero-order valence-corrected chi connectivity index (χ0v) is 13.4. The van der Waals surface area contributed by atoms with Crippen LogP contribution >= 0.6 is 0 Å². The van der Waals surface area contributed by atoms with Gasteiger partial charge < -0.3 is 13.9 Å². The molecule has 122 valence electrons. The van der Waals surface area contributed by atoms with Gasteiger partial charge >= 0.3 is 5.97 Å². The Hall–Kier alpha value is -3.08. The van der Waals surface area contributed by atoms with Gasteiger partial charge in [-0.1, -0.05) is 30.3 Å². The summed E-state index contributed by atoms with van der Waals surface area (Å²) in [7, 11) is 1.51. The molecule has 0 amide bonds. The number of rotatable bonds is 4. The molecule has 3 rings (SSSR count). The van der Waals surface area contributed by atoms with Crippen LogP contribution in [0.4, 0.5) is 0 Å². The van der Waals surface area contributed by atoms with E-state index in [0.29, 0.717) is 22.3 Å². The van der Waals surface area contributed by atoms with Gasteiger partial charge in [0.15, 0.2) is 0 Å². The lowest BCUT2D eigenvalue weighted by Crippen LogP contribution is -2.15. The average molecular weight is 324 g/mol. The van der Waals surface area contributed by atoms with E-state index in [1.165, 1.54) is 7.11 Å². The van der Waals surface area contributed by atoms with E-state index in [-0.39, 0.29) is 23.4 Å². The van der Waals surface area contributed by atoms with Crippen molar-refractivity contribution >= 4 is 16.9 Å². The molecule has 2 aromatic carbocycles. The predicted octanol–water partition coefficient (Wildman–Crippen LogP) is 3.65. The zero-order valence-electron chi connectivity index (χ0n) is 13.4. The second-order valence-electron chi connectivity index (χ2n) is 5.05. The third-order valence-corrected chi connectivity index (χ3v) is 3.63. The molecule has 0 aliphatic rings. The van der Waals surface area contributed by atoms with Crippen molar-refractivity contribution in [2.45, 2.75) is 6.92 Å². The summed E-state index contributed by atoms with van der Waals surface area (Å²) in [4.78, 5) is 25.3. The minimum absolute atomic E-state index is 0.120. The number of hydrogen-bond donors (Lipinski definition) is 0. The van der Waals surface area contributed by atoms with E-state index < -0.39 is 5.97 Å². The molecule has 5 heteroatoms. The van der Waals surface area contributed by atoms with Crippen molar-refractivity contribution in [1.82, 2.24) is 0 Å². The van der Waals surface area contributed by atoms with E-state index in [9.17, 15) is 9.59 Å². The molecular weight excluding hydrogens is 308 g/mol. The number of fused-ring (bicyclic) bond motifs is 1. The Morgan fingerprint density at radius 3 is 2.54 bits per heavy atom. The summed E-state index contributed by atoms with van der Waals surface area (Å²) >= 11 is 0. The van der Waals surface area contributed by atoms with Crippen LogP contribution in [0.1, 0.15) is 17.5 Å². The highest BCUT2D eigenvalue weighted by atomic mass is 16.5. The first kappa shape index (κ1) is 15.8. The van der Waals surface area contributed by atoms with E-state index >= 15 is 0 Å². The molecule has 0 spiro atoms. The molecule has 0 saturated heterocycles. The molecule has 0 aliphatic heterocycles. The molecule has 0 N–H and O–H groups in total. The maximum atomic E-state index is 13.0. The van der Waals surface area contributed by atoms with Crippen molar-refractivity contribution in [3.8, 4) is 16.9 Å². The largest absolute Gasteiger partial charge is 0.496 e. The van der Waals surface area contributed by atoms with Gasteiger partial charge in [0.25, 0.3) is 0 Å². The third kappa shape index (κ3) is 2.65. The van der Waals surface area contributed by atoms with Crippen molar-refractivity contribution in [3.63, 3.8) is 0 Å². The molecule has 0 bridgehead atoms. The number of carbonyl (C=O) groups excluding carboxylic acids is 1. The second kappa shape index (κ2) is 6.58. The van der Waals surface area contributed by atoms with Crippen molar-refractivity contribution in [1.29, 1.82) is 0 Å². The van der Waals surface area contributed by atoms with Crippen LogP contribution in [0.2, 0.25) is 0 Å². The summed E-state index contributed by atoms with van der Waals surface area (Å²) in [5.74, 6) is -0.322. The van der Waals surface area contributed by atoms with E-state index in [2.05, 4.69) is 0 Å². The lowest BCUT2D eigenvalue weighted by atomic mass is 10.0. The number of benzene rings is 2. The highest BCUT2D eigenvalue weighted by molar-refractivity contribution is 5.98. The van der Waals surface area contributed by atoms with Gasteiger partial charge in [-0.25, -0.2) is 4.79 Å². The van der Waals surface area contributed by atoms with Crippen molar-refractivity contribution in [2.75, 3.05) is 13.7 Å². The minimum Gasteiger partial charge on any atom is -0.496 e. The second-order valence-corrected chi connectivity index (χ2v) is 5.05. The first-order chi connectivity index (χ1) is 11.7. The summed E-state index contributed by atoms with van der Waals surface area (Å²) in [5, 5.41) is 0.395. The number of carbonyl (C=O) groups is 1. The Kier molecular flexibility index (Phi) is 4.33. The molecule has 1 aromatic heterocycles. The Bertz CT molecular complexity index is 955. The normalized spacial score (nSPS) is 10.6. The average Bonchev–Trinajstić information content (AvgIpc) is 2.62.